The highest BCUT2D eigenvalue weighted by molar-refractivity contribution is 5.71. The van der Waals surface area contributed by atoms with Crippen LogP contribution in [0.5, 0.6) is 5.75 Å². The first-order valence-electron chi connectivity index (χ1n) is 5.80. The number of fused-ring (bicyclic) bond motifs is 1. The molecule has 1 unspecified atom stereocenters. The van der Waals surface area contributed by atoms with Gasteiger partial charge >= 0.3 is 0 Å². The minimum Gasteiger partial charge on any atom is -0.492 e. The second-order valence-corrected chi connectivity index (χ2v) is 4.31. The van der Waals surface area contributed by atoms with Crippen LogP contribution in [-0.2, 0) is 0 Å². The lowest BCUT2D eigenvalue weighted by Crippen LogP contribution is -2.10. The maximum absolute atomic E-state index is 10.8. The van der Waals surface area contributed by atoms with Gasteiger partial charge in [-0.3, -0.25) is 4.79 Å². The van der Waals surface area contributed by atoms with Crippen LogP contribution in [0.3, 0.4) is 0 Å². The van der Waals surface area contributed by atoms with Gasteiger partial charge in [0.25, 0.3) is 0 Å². The van der Waals surface area contributed by atoms with Gasteiger partial charge in [0.15, 0.2) is 6.29 Å². The normalized spacial score (nSPS) is 17.1. The number of aldehydes is 1. The molecule has 0 radical (unpaired) electrons. The molecule has 4 heteroatoms. The van der Waals surface area contributed by atoms with E-state index in [1.165, 1.54) is 0 Å². The molecule has 0 saturated carbocycles. The first-order chi connectivity index (χ1) is 8.78. The van der Waals surface area contributed by atoms with E-state index in [1.807, 2.05) is 31.2 Å². The van der Waals surface area contributed by atoms with E-state index in [0.29, 0.717) is 18.1 Å². The van der Waals surface area contributed by atoms with Crippen LogP contribution in [0.2, 0.25) is 0 Å². The highest BCUT2D eigenvalue weighted by Gasteiger charge is 2.27. The van der Waals surface area contributed by atoms with E-state index >= 15 is 0 Å². The van der Waals surface area contributed by atoms with Crippen molar-refractivity contribution < 1.29 is 9.53 Å². The lowest BCUT2D eigenvalue weighted by Gasteiger charge is -2.08. The average molecular weight is 240 g/mol. The molecular weight excluding hydrogens is 228 g/mol. The van der Waals surface area contributed by atoms with Crippen LogP contribution < -0.4 is 4.74 Å². The fraction of sp³-hybridized carbons (Fsp3) is 0.214. The van der Waals surface area contributed by atoms with Crippen molar-refractivity contribution in [3.8, 4) is 5.75 Å². The maximum Gasteiger partial charge on any atom is 0.168 e. The third-order valence-corrected chi connectivity index (χ3v) is 3.02. The number of ether oxygens (including phenoxy) is 1. The topological polar surface area (TPSA) is 52.1 Å². The Hall–Kier alpha value is -2.23. The number of hydrogen-bond acceptors (Lipinski definition) is 4. The van der Waals surface area contributed by atoms with E-state index in [4.69, 9.17) is 4.74 Å². The summed E-state index contributed by atoms with van der Waals surface area (Å²) in [5.74, 6) is 1.54. The number of carbonyl (C=O) groups is 1. The summed E-state index contributed by atoms with van der Waals surface area (Å²) in [6.07, 6.45) is 0.750. The van der Waals surface area contributed by atoms with Gasteiger partial charge in [0.05, 0.1) is 5.92 Å². The van der Waals surface area contributed by atoms with Crippen molar-refractivity contribution in [3.63, 3.8) is 0 Å². The van der Waals surface area contributed by atoms with Crippen LogP contribution in [0.25, 0.3) is 0 Å². The molecule has 0 N–H and O–H groups in total. The number of aromatic nitrogens is 2. The largest absolute Gasteiger partial charge is 0.492 e. The summed E-state index contributed by atoms with van der Waals surface area (Å²) < 4.78 is 5.61. The SMILES string of the molecule is Cc1cc(C=O)nc(C2COc3ccccc32)n1. The molecule has 0 spiro atoms. The number of hydrogen-bond donors (Lipinski definition) is 0. The molecule has 0 saturated heterocycles. The monoisotopic (exact) mass is 240 g/mol. The second-order valence-electron chi connectivity index (χ2n) is 4.31. The quantitative estimate of drug-likeness (QED) is 0.754. The number of benzene rings is 1. The zero-order valence-electron chi connectivity index (χ0n) is 9.96. The summed E-state index contributed by atoms with van der Waals surface area (Å²) in [5.41, 5.74) is 2.30. The van der Waals surface area contributed by atoms with Gasteiger partial charge < -0.3 is 4.74 Å². The number of rotatable bonds is 2. The molecule has 1 atom stereocenters. The molecule has 4 nitrogen and oxygen atoms in total. The molecule has 0 fully saturated rings. The van der Waals surface area contributed by atoms with Crippen LogP contribution in [0, 0.1) is 6.92 Å². The van der Waals surface area contributed by atoms with Crippen LogP contribution in [0.4, 0.5) is 0 Å². The van der Waals surface area contributed by atoms with E-state index in [9.17, 15) is 4.79 Å². The Morgan fingerprint density at radius 1 is 1.33 bits per heavy atom. The van der Waals surface area contributed by atoms with Crippen molar-refractivity contribution >= 4 is 6.29 Å². The van der Waals surface area contributed by atoms with Gasteiger partial charge in [-0.2, -0.15) is 0 Å². The third-order valence-electron chi connectivity index (χ3n) is 3.02. The summed E-state index contributed by atoms with van der Waals surface area (Å²) in [6, 6.07) is 9.54. The van der Waals surface area contributed by atoms with E-state index in [0.717, 1.165) is 23.3 Å². The molecular formula is C14H12N2O2. The number of para-hydroxylation sites is 1. The minimum absolute atomic E-state index is 0.0137. The molecule has 18 heavy (non-hydrogen) atoms. The summed E-state index contributed by atoms with van der Waals surface area (Å²) in [4.78, 5) is 19.5. The summed E-state index contributed by atoms with van der Waals surface area (Å²) in [5, 5.41) is 0. The smallest absolute Gasteiger partial charge is 0.168 e. The van der Waals surface area contributed by atoms with Gasteiger partial charge in [-0.05, 0) is 19.1 Å². The molecule has 1 aromatic heterocycles. The van der Waals surface area contributed by atoms with Crippen molar-refractivity contribution in [1.29, 1.82) is 0 Å². The van der Waals surface area contributed by atoms with Crippen LogP contribution in [0.15, 0.2) is 30.3 Å². The van der Waals surface area contributed by atoms with Gasteiger partial charge in [0.2, 0.25) is 0 Å². The third kappa shape index (κ3) is 1.76. The van der Waals surface area contributed by atoms with Gasteiger partial charge in [-0.1, -0.05) is 18.2 Å². The highest BCUT2D eigenvalue weighted by atomic mass is 16.5. The van der Waals surface area contributed by atoms with E-state index < -0.39 is 0 Å². The molecule has 1 aromatic carbocycles. The Morgan fingerprint density at radius 3 is 3.00 bits per heavy atom. The summed E-state index contributed by atoms with van der Waals surface area (Å²) in [7, 11) is 0. The molecule has 0 bridgehead atoms. The molecule has 1 aliphatic rings. The van der Waals surface area contributed by atoms with E-state index in [2.05, 4.69) is 9.97 Å². The fourth-order valence-electron chi connectivity index (χ4n) is 2.21. The molecule has 0 aliphatic carbocycles. The van der Waals surface area contributed by atoms with E-state index in [-0.39, 0.29) is 5.92 Å². The number of aryl methyl sites for hydroxylation is 1. The zero-order chi connectivity index (χ0) is 12.5. The lowest BCUT2D eigenvalue weighted by atomic mass is 10.0. The van der Waals surface area contributed by atoms with E-state index in [1.54, 1.807) is 6.07 Å². The Morgan fingerprint density at radius 2 is 2.17 bits per heavy atom. The highest BCUT2D eigenvalue weighted by Crippen LogP contribution is 2.36. The maximum atomic E-state index is 10.8. The molecule has 90 valence electrons. The predicted molar refractivity (Wildman–Crippen MR) is 65.9 cm³/mol. The van der Waals surface area contributed by atoms with Crippen molar-refractivity contribution in [2.45, 2.75) is 12.8 Å². The Kier molecular flexibility index (Phi) is 2.55. The van der Waals surface area contributed by atoms with Crippen molar-refractivity contribution in [3.05, 3.63) is 53.1 Å². The van der Waals surface area contributed by atoms with Gasteiger partial charge in [0, 0.05) is 11.3 Å². The second kappa shape index (κ2) is 4.22. The minimum atomic E-state index is 0.0137. The van der Waals surface area contributed by atoms with Crippen molar-refractivity contribution in [2.75, 3.05) is 6.61 Å². The first kappa shape index (κ1) is 10.9. The Labute approximate surface area is 105 Å². The molecule has 2 aromatic rings. The zero-order valence-corrected chi connectivity index (χ0v) is 9.96. The van der Waals surface area contributed by atoms with Crippen LogP contribution in [0.1, 0.15) is 33.5 Å². The molecule has 2 heterocycles. The first-order valence-corrected chi connectivity index (χ1v) is 5.80. The lowest BCUT2D eigenvalue weighted by molar-refractivity contribution is 0.111. The molecule has 0 amide bonds. The molecule has 3 rings (SSSR count). The van der Waals surface area contributed by atoms with Crippen LogP contribution >= 0.6 is 0 Å². The van der Waals surface area contributed by atoms with Gasteiger partial charge in [-0.15, -0.1) is 0 Å². The van der Waals surface area contributed by atoms with Crippen molar-refractivity contribution in [2.24, 2.45) is 0 Å². The summed E-state index contributed by atoms with van der Waals surface area (Å²) in [6.45, 7) is 2.39. The Bertz CT molecular complexity index is 610. The Balaban J connectivity index is 2.07. The van der Waals surface area contributed by atoms with Gasteiger partial charge in [0.1, 0.15) is 23.9 Å². The van der Waals surface area contributed by atoms with Crippen LogP contribution in [-0.4, -0.2) is 22.9 Å². The molecule has 1 aliphatic heterocycles. The predicted octanol–water partition coefficient (Wildman–Crippen LogP) is 2.12. The average Bonchev–Trinajstić information content (AvgIpc) is 2.81. The van der Waals surface area contributed by atoms with Crippen molar-refractivity contribution in [1.82, 2.24) is 9.97 Å². The van der Waals surface area contributed by atoms with Gasteiger partial charge in [-0.25, -0.2) is 9.97 Å². The standard InChI is InChI=1S/C14H12N2O2/c1-9-6-10(7-17)16-14(15-9)12-8-18-13-5-3-2-4-11(12)13/h2-7,12H,8H2,1H3. The number of nitrogens with zero attached hydrogens (tertiary/aromatic N) is 2. The number of carbonyl (C=O) groups excluding carboxylic acids is 1. The fourth-order valence-corrected chi connectivity index (χ4v) is 2.21. The summed E-state index contributed by atoms with van der Waals surface area (Å²) >= 11 is 0.